The van der Waals surface area contributed by atoms with Gasteiger partial charge in [-0.3, -0.25) is 4.79 Å². The SMILES string of the molecule is Cc1c(NC(=O)c2cc3c(cc2F)OC(C)(C)C3)cc(F)cc1B1OC(C)(C)C(C)(C)O1. The van der Waals surface area contributed by atoms with Gasteiger partial charge in [-0.15, -0.1) is 0 Å². The Morgan fingerprint density at radius 3 is 2.25 bits per heavy atom. The number of halogens is 2. The van der Waals surface area contributed by atoms with E-state index in [1.807, 2.05) is 41.5 Å². The molecule has 8 heteroatoms. The number of anilines is 1. The van der Waals surface area contributed by atoms with Gasteiger partial charge in [-0.1, -0.05) is 0 Å². The number of hydrogen-bond acceptors (Lipinski definition) is 4. The molecule has 2 aromatic carbocycles. The molecule has 1 fully saturated rings. The summed E-state index contributed by atoms with van der Waals surface area (Å²) in [7, 11) is -0.789. The third-order valence-electron chi connectivity index (χ3n) is 6.57. The third-order valence-corrected chi connectivity index (χ3v) is 6.57. The number of rotatable bonds is 3. The van der Waals surface area contributed by atoms with Crippen molar-refractivity contribution in [3.63, 3.8) is 0 Å². The number of nitrogens with one attached hydrogen (secondary N) is 1. The standard InChI is InChI=1S/C24H28BF2NO4/c1-13-17(25-31-23(4,5)24(6,7)32-25)9-15(26)10-19(13)28-21(29)16-8-14-12-22(2,3)30-20(14)11-18(16)27/h8-11H,12H2,1-7H3,(H,28,29). The molecule has 2 aromatic rings. The summed E-state index contributed by atoms with van der Waals surface area (Å²) < 4.78 is 47.0. The van der Waals surface area contributed by atoms with Gasteiger partial charge in [-0.2, -0.15) is 0 Å². The molecule has 0 radical (unpaired) electrons. The second kappa shape index (κ2) is 7.28. The number of carbonyl (C=O) groups excluding carboxylic acids is 1. The summed E-state index contributed by atoms with van der Waals surface area (Å²) in [6.07, 6.45) is 0.563. The molecule has 1 amide bonds. The molecule has 1 saturated heterocycles. The smallest absolute Gasteiger partial charge is 0.487 e. The van der Waals surface area contributed by atoms with E-state index < -0.39 is 41.5 Å². The van der Waals surface area contributed by atoms with E-state index in [0.717, 1.165) is 5.56 Å². The van der Waals surface area contributed by atoms with E-state index >= 15 is 0 Å². The molecule has 0 unspecified atom stereocenters. The van der Waals surface area contributed by atoms with E-state index in [4.69, 9.17) is 14.0 Å². The summed E-state index contributed by atoms with van der Waals surface area (Å²) >= 11 is 0. The van der Waals surface area contributed by atoms with E-state index in [1.54, 1.807) is 6.92 Å². The molecule has 4 rings (SSSR count). The van der Waals surface area contributed by atoms with Crippen LogP contribution >= 0.6 is 0 Å². The molecule has 0 atom stereocenters. The second-order valence-corrected chi connectivity index (χ2v) is 10.2. The molecule has 0 bridgehead atoms. The minimum Gasteiger partial charge on any atom is -0.487 e. The van der Waals surface area contributed by atoms with E-state index in [-0.39, 0.29) is 11.3 Å². The second-order valence-electron chi connectivity index (χ2n) is 10.2. The molecule has 170 valence electrons. The van der Waals surface area contributed by atoms with Gasteiger partial charge in [0.05, 0.1) is 16.8 Å². The van der Waals surface area contributed by atoms with Crippen LogP contribution in [0, 0.1) is 18.6 Å². The molecule has 0 spiro atoms. The molecule has 0 aliphatic carbocycles. The maximum Gasteiger partial charge on any atom is 0.495 e. The van der Waals surface area contributed by atoms with E-state index in [0.29, 0.717) is 23.2 Å². The monoisotopic (exact) mass is 443 g/mol. The van der Waals surface area contributed by atoms with Crippen molar-refractivity contribution < 1.29 is 27.6 Å². The van der Waals surface area contributed by atoms with Gasteiger partial charge in [-0.25, -0.2) is 8.78 Å². The summed E-state index contributed by atoms with van der Waals surface area (Å²) in [4.78, 5) is 12.9. The predicted molar refractivity (Wildman–Crippen MR) is 120 cm³/mol. The quantitative estimate of drug-likeness (QED) is 0.708. The van der Waals surface area contributed by atoms with Crippen molar-refractivity contribution in [3.05, 3.63) is 52.6 Å². The van der Waals surface area contributed by atoms with Gasteiger partial charge < -0.3 is 19.4 Å². The first kappa shape index (κ1) is 22.7. The number of ether oxygens (including phenoxy) is 1. The van der Waals surface area contributed by atoms with E-state index in [2.05, 4.69) is 5.32 Å². The average Bonchev–Trinajstić information content (AvgIpc) is 3.06. The molecule has 1 N–H and O–H groups in total. The van der Waals surface area contributed by atoms with Crippen LogP contribution in [0.25, 0.3) is 0 Å². The Morgan fingerprint density at radius 2 is 1.62 bits per heavy atom. The Balaban J connectivity index is 1.63. The topological polar surface area (TPSA) is 56.8 Å². The Morgan fingerprint density at radius 1 is 1.00 bits per heavy atom. The summed E-state index contributed by atoms with van der Waals surface area (Å²) in [5.41, 5.74) is 0.290. The lowest BCUT2D eigenvalue weighted by molar-refractivity contribution is 0.00578. The highest BCUT2D eigenvalue weighted by atomic mass is 19.1. The van der Waals surface area contributed by atoms with Crippen LogP contribution in [0.2, 0.25) is 0 Å². The fourth-order valence-corrected chi connectivity index (χ4v) is 4.03. The zero-order chi connectivity index (χ0) is 23.6. The number of benzene rings is 2. The molecule has 2 heterocycles. The summed E-state index contributed by atoms with van der Waals surface area (Å²) in [6, 6.07) is 5.27. The molecular formula is C24H28BF2NO4. The normalized spacial score (nSPS) is 20.1. The average molecular weight is 443 g/mol. The number of hydrogen-bond donors (Lipinski definition) is 1. The van der Waals surface area contributed by atoms with Gasteiger partial charge in [-0.05, 0) is 83.3 Å². The molecule has 0 aromatic heterocycles. The van der Waals surface area contributed by atoms with Crippen LogP contribution in [0.3, 0.4) is 0 Å². The Hall–Kier alpha value is -2.45. The Labute approximate surface area is 187 Å². The zero-order valence-electron chi connectivity index (χ0n) is 19.5. The zero-order valence-corrected chi connectivity index (χ0v) is 19.5. The van der Waals surface area contributed by atoms with Crippen LogP contribution in [-0.4, -0.2) is 29.8 Å². The highest BCUT2D eigenvalue weighted by molar-refractivity contribution is 6.62. The first-order chi connectivity index (χ1) is 14.7. The Bertz CT molecular complexity index is 1100. The van der Waals surface area contributed by atoms with Crippen LogP contribution < -0.4 is 15.5 Å². The van der Waals surface area contributed by atoms with E-state index in [1.165, 1.54) is 24.3 Å². The molecule has 0 saturated carbocycles. The molecule has 2 aliphatic heterocycles. The highest BCUT2D eigenvalue weighted by Gasteiger charge is 2.52. The lowest BCUT2D eigenvalue weighted by Gasteiger charge is -2.32. The van der Waals surface area contributed by atoms with Crippen molar-refractivity contribution in [2.75, 3.05) is 5.32 Å². The minimum atomic E-state index is -0.789. The van der Waals surface area contributed by atoms with Gasteiger partial charge in [0.1, 0.15) is 23.0 Å². The summed E-state index contributed by atoms with van der Waals surface area (Å²) in [5, 5.41) is 2.65. The highest BCUT2D eigenvalue weighted by Crippen LogP contribution is 2.38. The first-order valence-corrected chi connectivity index (χ1v) is 10.7. The summed E-state index contributed by atoms with van der Waals surface area (Å²) in [5.74, 6) is -1.48. The fraction of sp³-hybridized carbons (Fsp3) is 0.458. The molecular weight excluding hydrogens is 415 g/mol. The van der Waals surface area contributed by atoms with Gasteiger partial charge >= 0.3 is 7.12 Å². The van der Waals surface area contributed by atoms with Crippen LogP contribution in [0.15, 0.2) is 24.3 Å². The van der Waals surface area contributed by atoms with Gasteiger partial charge in [0.2, 0.25) is 0 Å². The molecule has 5 nitrogen and oxygen atoms in total. The number of amides is 1. The third kappa shape index (κ3) is 3.90. The van der Waals surface area contributed by atoms with Crippen molar-refractivity contribution in [2.24, 2.45) is 0 Å². The number of fused-ring (bicyclic) bond motifs is 1. The van der Waals surface area contributed by atoms with Gasteiger partial charge in [0.15, 0.2) is 0 Å². The van der Waals surface area contributed by atoms with E-state index in [9.17, 15) is 13.6 Å². The van der Waals surface area contributed by atoms with Crippen molar-refractivity contribution in [1.29, 1.82) is 0 Å². The molecule has 32 heavy (non-hydrogen) atoms. The van der Waals surface area contributed by atoms with Gasteiger partial charge in [0.25, 0.3) is 5.91 Å². The summed E-state index contributed by atoms with van der Waals surface area (Å²) in [6.45, 7) is 13.2. The van der Waals surface area contributed by atoms with Crippen LogP contribution in [0.4, 0.5) is 14.5 Å². The maximum atomic E-state index is 14.7. The minimum absolute atomic E-state index is 0.120. The number of carbonyl (C=O) groups is 1. The lowest BCUT2D eigenvalue weighted by Crippen LogP contribution is -2.41. The van der Waals surface area contributed by atoms with Crippen molar-refractivity contribution in [1.82, 2.24) is 0 Å². The van der Waals surface area contributed by atoms with Crippen LogP contribution in [0.5, 0.6) is 5.75 Å². The van der Waals surface area contributed by atoms with Crippen LogP contribution in [-0.2, 0) is 15.7 Å². The lowest BCUT2D eigenvalue weighted by atomic mass is 9.75. The maximum absolute atomic E-state index is 14.7. The fourth-order valence-electron chi connectivity index (χ4n) is 4.03. The van der Waals surface area contributed by atoms with Gasteiger partial charge in [0, 0.05) is 18.2 Å². The molecule has 2 aliphatic rings. The Kier molecular flexibility index (Phi) is 5.18. The van der Waals surface area contributed by atoms with Crippen molar-refractivity contribution in [2.45, 2.75) is 71.7 Å². The largest absolute Gasteiger partial charge is 0.495 e. The van der Waals surface area contributed by atoms with Crippen LogP contribution in [0.1, 0.15) is 63.0 Å². The van der Waals surface area contributed by atoms with Crippen molar-refractivity contribution >= 4 is 24.2 Å². The van der Waals surface area contributed by atoms with Crippen molar-refractivity contribution in [3.8, 4) is 5.75 Å². The predicted octanol–water partition coefficient (Wildman–Crippen LogP) is 4.54. The first-order valence-electron chi connectivity index (χ1n) is 10.7.